The number of carbonyl (C=O) groups excluding carboxylic acids is 2. The van der Waals surface area contributed by atoms with Crippen LogP contribution in [0.15, 0.2) is 59.3 Å². The van der Waals surface area contributed by atoms with E-state index in [1.807, 2.05) is 39.8 Å². The van der Waals surface area contributed by atoms with Gasteiger partial charge in [-0.15, -0.1) is 0 Å². The van der Waals surface area contributed by atoms with Gasteiger partial charge in [-0.3, -0.25) is 9.59 Å². The van der Waals surface area contributed by atoms with Crippen LogP contribution >= 0.6 is 0 Å². The van der Waals surface area contributed by atoms with E-state index in [4.69, 9.17) is 0 Å². The Labute approximate surface area is 210 Å². The van der Waals surface area contributed by atoms with Gasteiger partial charge in [0.15, 0.2) is 17.3 Å². The number of carbonyl (C=O) groups is 2. The first-order valence-electron chi connectivity index (χ1n) is 12.4. The van der Waals surface area contributed by atoms with Crippen molar-refractivity contribution in [2.24, 2.45) is 0 Å². The molecule has 2 aliphatic heterocycles. The van der Waals surface area contributed by atoms with Gasteiger partial charge in [-0.1, -0.05) is 38.1 Å². The molecule has 0 saturated carbocycles. The van der Waals surface area contributed by atoms with Crippen LogP contribution in [0, 0.1) is 13.8 Å². The lowest BCUT2D eigenvalue weighted by Gasteiger charge is -2.34. The van der Waals surface area contributed by atoms with Crippen molar-refractivity contribution in [1.82, 2.24) is 4.48 Å². The van der Waals surface area contributed by atoms with Crippen LogP contribution in [0.5, 0.6) is 0 Å². The number of nitrogens with zero attached hydrogens (tertiary/aromatic N) is 2. The van der Waals surface area contributed by atoms with E-state index in [9.17, 15) is 9.59 Å². The first-order valence-corrected chi connectivity index (χ1v) is 12.4. The second kappa shape index (κ2) is 8.22. The molecule has 0 spiro atoms. The lowest BCUT2D eigenvalue weighted by molar-refractivity contribution is -0.363. The number of allylic oxidation sites excluding steroid dienone is 6. The van der Waals surface area contributed by atoms with Crippen LogP contribution in [0.3, 0.4) is 0 Å². The summed E-state index contributed by atoms with van der Waals surface area (Å²) in [6, 6.07) is 7.33. The van der Waals surface area contributed by atoms with Gasteiger partial charge in [0.2, 0.25) is 0 Å². The summed E-state index contributed by atoms with van der Waals surface area (Å²) < 4.78 is 35.2. The van der Waals surface area contributed by atoms with Gasteiger partial charge in [0.05, 0.1) is 5.57 Å². The summed E-state index contributed by atoms with van der Waals surface area (Å²) in [6.07, 6.45) is 5.21. The van der Waals surface area contributed by atoms with Crippen LogP contribution in [0.4, 0.5) is 8.63 Å². The minimum Gasteiger partial charge on any atom is -0.393 e. The van der Waals surface area contributed by atoms with Gasteiger partial charge in [-0.25, -0.2) is 0 Å². The summed E-state index contributed by atoms with van der Waals surface area (Å²) in [5.41, 5.74) is 8.49. The van der Waals surface area contributed by atoms with Crippen molar-refractivity contribution >= 4 is 35.4 Å². The average Bonchev–Trinajstić information content (AvgIpc) is 3.25. The van der Waals surface area contributed by atoms with Crippen LogP contribution in [0.1, 0.15) is 67.8 Å². The molecule has 7 heteroatoms. The second-order valence-electron chi connectivity index (χ2n) is 9.72. The van der Waals surface area contributed by atoms with E-state index in [1.165, 1.54) is 27.2 Å². The number of ketones is 2. The molecular formula is C29H29BF2N2O2. The molecule has 0 saturated heterocycles. The van der Waals surface area contributed by atoms with Crippen LogP contribution in [-0.4, -0.2) is 33.2 Å². The Hall–Kier alpha value is -3.61. The molecule has 0 N–H and O–H groups in total. The zero-order valence-corrected chi connectivity index (χ0v) is 21.5. The number of fused-ring (bicyclic) bond motifs is 2. The molecule has 3 aliphatic rings. The quantitative estimate of drug-likeness (QED) is 0.395. The molecule has 1 aliphatic carbocycles. The van der Waals surface area contributed by atoms with Crippen molar-refractivity contribution in [1.29, 1.82) is 0 Å². The van der Waals surface area contributed by atoms with Gasteiger partial charge in [0, 0.05) is 29.3 Å². The number of halogens is 2. The standard InChI is InChI=1S/C29H29BF2N2O2/c1-7-23-16(3)28-27(21-11-9-20(10-12-21)25-15-22(35)13-14-26(25)36)29-17(4)24(8-2)19(6)34(29)30(31,32)33(28)18(23)5/h9-15H,7-8H2,1-6H3. The van der Waals surface area contributed by atoms with Gasteiger partial charge in [-0.05, 0) is 79.8 Å². The maximum atomic E-state index is 16.3. The van der Waals surface area contributed by atoms with Crippen molar-refractivity contribution in [2.45, 2.75) is 54.4 Å². The third-order valence-electron chi connectivity index (χ3n) is 7.93. The molecule has 0 amide bonds. The molecule has 2 aromatic rings. The van der Waals surface area contributed by atoms with Gasteiger partial charge < -0.3 is 17.6 Å². The van der Waals surface area contributed by atoms with E-state index in [1.54, 1.807) is 26.0 Å². The zero-order valence-electron chi connectivity index (χ0n) is 21.5. The number of hydrogen-bond donors (Lipinski definition) is 0. The highest BCUT2D eigenvalue weighted by Gasteiger charge is 2.56. The number of hydrogen-bond acceptors (Lipinski definition) is 2. The van der Waals surface area contributed by atoms with E-state index in [0.717, 1.165) is 33.4 Å². The molecule has 0 atom stereocenters. The molecule has 1 aromatic heterocycles. The highest BCUT2D eigenvalue weighted by molar-refractivity contribution is 6.58. The van der Waals surface area contributed by atoms with Crippen molar-refractivity contribution in [3.63, 3.8) is 0 Å². The monoisotopic (exact) mass is 486 g/mol. The summed E-state index contributed by atoms with van der Waals surface area (Å²) in [6.45, 7) is 7.36. The van der Waals surface area contributed by atoms with Crippen molar-refractivity contribution in [3.05, 3.63) is 93.0 Å². The summed E-state index contributed by atoms with van der Waals surface area (Å²) in [5.74, 6) is -0.456. The Kier molecular flexibility index (Phi) is 5.51. The first-order chi connectivity index (χ1) is 17.0. The smallest absolute Gasteiger partial charge is 0.393 e. The molecule has 0 bridgehead atoms. The summed E-state index contributed by atoms with van der Waals surface area (Å²) in [5, 5.41) is 0. The summed E-state index contributed by atoms with van der Waals surface area (Å²) in [7, 11) is 0. The molecule has 1 aromatic carbocycles. The molecule has 4 nitrogen and oxygen atoms in total. The minimum absolute atomic E-state index is 0.226. The fourth-order valence-corrected chi connectivity index (χ4v) is 6.30. The fraction of sp³-hybridized carbons (Fsp3) is 0.276. The van der Waals surface area contributed by atoms with E-state index in [2.05, 4.69) is 0 Å². The summed E-state index contributed by atoms with van der Waals surface area (Å²) >= 11 is 0. The fourth-order valence-electron chi connectivity index (χ4n) is 6.30. The van der Waals surface area contributed by atoms with Gasteiger partial charge in [0.25, 0.3) is 0 Å². The minimum atomic E-state index is -4.08. The van der Waals surface area contributed by atoms with E-state index >= 15 is 8.63 Å². The first kappa shape index (κ1) is 24.1. The van der Waals surface area contributed by atoms with Crippen LogP contribution in [0.2, 0.25) is 0 Å². The van der Waals surface area contributed by atoms with E-state index in [-0.39, 0.29) is 11.6 Å². The highest BCUT2D eigenvalue weighted by atomic mass is 19.2. The van der Waals surface area contributed by atoms with Crippen LogP contribution in [-0.2, 0) is 16.0 Å². The lowest BCUT2D eigenvalue weighted by Crippen LogP contribution is -2.51. The molecule has 36 heavy (non-hydrogen) atoms. The van der Waals surface area contributed by atoms with Crippen molar-refractivity contribution in [3.8, 4) is 0 Å². The van der Waals surface area contributed by atoms with Crippen LogP contribution in [0.25, 0.3) is 11.1 Å². The third kappa shape index (κ3) is 3.14. The maximum absolute atomic E-state index is 16.3. The largest absolute Gasteiger partial charge is 0.737 e. The maximum Gasteiger partial charge on any atom is 0.737 e. The third-order valence-corrected chi connectivity index (χ3v) is 7.93. The molecule has 184 valence electrons. The zero-order chi connectivity index (χ0) is 26.1. The summed E-state index contributed by atoms with van der Waals surface area (Å²) in [4.78, 5) is 24.2. The number of benzene rings is 1. The Morgan fingerprint density at radius 3 is 2.17 bits per heavy atom. The average molecular weight is 486 g/mol. The predicted molar refractivity (Wildman–Crippen MR) is 140 cm³/mol. The topological polar surface area (TPSA) is 42.1 Å². The molecule has 3 heterocycles. The molecule has 0 unspecified atom stereocenters. The Balaban J connectivity index is 1.81. The highest BCUT2D eigenvalue weighted by Crippen LogP contribution is 2.47. The molecule has 0 radical (unpaired) electrons. The van der Waals surface area contributed by atoms with Gasteiger partial charge in [-0.2, -0.15) is 0 Å². The molecule has 5 rings (SSSR count). The number of rotatable bonds is 4. The molecule has 0 fully saturated rings. The van der Waals surface area contributed by atoms with Crippen molar-refractivity contribution < 1.29 is 22.7 Å². The van der Waals surface area contributed by atoms with Crippen molar-refractivity contribution in [2.75, 3.05) is 0 Å². The SMILES string of the molecule is CCC1=C(C)C2=C(c3ccc(C4=CC(=O)C=CC4=O)cc3)c3c(C)c(CC)c(C)n3[B-](F)(F)[N+]2=C1C. The predicted octanol–water partition coefficient (Wildman–Crippen LogP) is 5.97. The molecular weight excluding hydrogens is 457 g/mol. The normalized spacial score (nSPS) is 18.8. The Morgan fingerprint density at radius 2 is 1.56 bits per heavy atom. The van der Waals surface area contributed by atoms with Gasteiger partial charge >= 0.3 is 6.97 Å². The Morgan fingerprint density at radius 1 is 0.917 bits per heavy atom. The van der Waals surface area contributed by atoms with E-state index < -0.39 is 6.97 Å². The van der Waals surface area contributed by atoms with Crippen LogP contribution < -0.4 is 0 Å². The van der Waals surface area contributed by atoms with E-state index in [0.29, 0.717) is 46.8 Å². The van der Waals surface area contributed by atoms with Gasteiger partial charge in [0.1, 0.15) is 5.71 Å². The second-order valence-corrected chi connectivity index (χ2v) is 9.72. The number of aromatic nitrogens is 1. The lowest BCUT2D eigenvalue weighted by atomic mass is 9.83. The Bertz CT molecular complexity index is 1530.